The van der Waals surface area contributed by atoms with E-state index in [2.05, 4.69) is 4.99 Å². The Balaban J connectivity index is 1.93. The lowest BCUT2D eigenvalue weighted by Gasteiger charge is -2.12. The summed E-state index contributed by atoms with van der Waals surface area (Å²) in [5.74, 6) is -1.21. The number of aliphatic imine (C=N–C) groups is 1. The number of aromatic carboxylic acids is 1. The van der Waals surface area contributed by atoms with Gasteiger partial charge in [0, 0.05) is 17.1 Å². The van der Waals surface area contributed by atoms with E-state index in [4.69, 9.17) is 16.7 Å². The number of amides is 1. The summed E-state index contributed by atoms with van der Waals surface area (Å²) >= 11 is 7.14. The third-order valence-corrected chi connectivity index (χ3v) is 5.06. The highest BCUT2D eigenvalue weighted by molar-refractivity contribution is 8.18. The molecular weight excluding hydrogens is 388 g/mol. The van der Waals surface area contributed by atoms with Crippen molar-refractivity contribution in [2.75, 3.05) is 6.54 Å². The standard InChI is InChI=1S/C19H15ClN2O4S/c1-2-22-17(24)16(10-12-9-13(20)5-8-15(12)23)27-19(22)21-14-6-3-11(4-7-14)18(25)26/h3-10,23H,2H2,1H3,(H,25,26)/b16-10+,21-19?. The van der Waals surface area contributed by atoms with Crippen molar-refractivity contribution in [3.63, 3.8) is 0 Å². The molecule has 8 heteroatoms. The molecule has 27 heavy (non-hydrogen) atoms. The molecule has 0 unspecified atom stereocenters. The van der Waals surface area contributed by atoms with Gasteiger partial charge in [0.05, 0.1) is 16.2 Å². The van der Waals surface area contributed by atoms with Crippen molar-refractivity contribution in [1.82, 2.24) is 4.90 Å². The van der Waals surface area contributed by atoms with Crippen LogP contribution in [0.25, 0.3) is 6.08 Å². The largest absolute Gasteiger partial charge is 0.507 e. The Morgan fingerprint density at radius 2 is 1.96 bits per heavy atom. The highest BCUT2D eigenvalue weighted by Gasteiger charge is 2.32. The first-order valence-corrected chi connectivity index (χ1v) is 9.20. The van der Waals surface area contributed by atoms with Crippen LogP contribution in [0, 0.1) is 0 Å². The summed E-state index contributed by atoms with van der Waals surface area (Å²) in [5.41, 5.74) is 1.15. The SMILES string of the molecule is CCN1C(=O)/C(=C\c2cc(Cl)ccc2O)SC1=Nc1ccc(C(=O)O)cc1. The molecule has 0 aliphatic carbocycles. The maximum Gasteiger partial charge on any atom is 0.335 e. The normalized spacial score (nSPS) is 17.1. The average molecular weight is 403 g/mol. The first-order chi connectivity index (χ1) is 12.9. The van der Waals surface area contributed by atoms with Gasteiger partial charge in [-0.2, -0.15) is 0 Å². The van der Waals surface area contributed by atoms with Gasteiger partial charge in [0.15, 0.2) is 5.17 Å². The zero-order chi connectivity index (χ0) is 19.6. The minimum Gasteiger partial charge on any atom is -0.507 e. The van der Waals surface area contributed by atoms with Crippen LogP contribution in [-0.2, 0) is 4.79 Å². The minimum atomic E-state index is -1.01. The van der Waals surface area contributed by atoms with E-state index >= 15 is 0 Å². The Hall–Kier alpha value is -2.77. The first kappa shape index (κ1) is 19.0. The van der Waals surface area contributed by atoms with Crippen molar-refractivity contribution >= 4 is 52.2 Å². The van der Waals surface area contributed by atoms with Crippen LogP contribution < -0.4 is 0 Å². The highest BCUT2D eigenvalue weighted by atomic mass is 35.5. The fourth-order valence-corrected chi connectivity index (χ4v) is 3.68. The molecule has 1 aliphatic heterocycles. The number of nitrogens with zero attached hydrogens (tertiary/aromatic N) is 2. The molecule has 2 aromatic carbocycles. The molecule has 2 N–H and O–H groups in total. The summed E-state index contributed by atoms with van der Waals surface area (Å²) < 4.78 is 0. The van der Waals surface area contributed by atoms with Gasteiger partial charge < -0.3 is 10.2 Å². The molecule has 0 aromatic heterocycles. The van der Waals surface area contributed by atoms with E-state index in [0.717, 1.165) is 0 Å². The summed E-state index contributed by atoms with van der Waals surface area (Å²) in [7, 11) is 0. The lowest BCUT2D eigenvalue weighted by Crippen LogP contribution is -2.28. The number of hydrogen-bond acceptors (Lipinski definition) is 5. The third kappa shape index (κ3) is 4.15. The lowest BCUT2D eigenvalue weighted by atomic mass is 10.2. The van der Waals surface area contributed by atoms with Gasteiger partial charge >= 0.3 is 5.97 Å². The number of likely N-dealkylation sites (N-methyl/N-ethyl adjacent to an activating group) is 1. The van der Waals surface area contributed by atoms with Gasteiger partial charge in [-0.25, -0.2) is 9.79 Å². The van der Waals surface area contributed by atoms with Crippen molar-refractivity contribution in [2.24, 2.45) is 4.99 Å². The van der Waals surface area contributed by atoms with Crippen LogP contribution in [0.2, 0.25) is 5.02 Å². The molecule has 2 aromatic rings. The van der Waals surface area contributed by atoms with Gasteiger partial charge in [-0.05, 0) is 67.2 Å². The average Bonchev–Trinajstić information content (AvgIpc) is 2.93. The summed E-state index contributed by atoms with van der Waals surface area (Å²) in [6.07, 6.45) is 1.58. The number of thioether (sulfide) groups is 1. The molecule has 1 fully saturated rings. The van der Waals surface area contributed by atoms with Crippen LogP contribution in [0.15, 0.2) is 52.4 Å². The summed E-state index contributed by atoms with van der Waals surface area (Å²) in [5, 5.41) is 19.9. The number of halogens is 1. The molecule has 1 saturated heterocycles. The van der Waals surface area contributed by atoms with Gasteiger partial charge in [-0.1, -0.05) is 11.6 Å². The van der Waals surface area contributed by atoms with Crippen LogP contribution in [-0.4, -0.2) is 38.7 Å². The van der Waals surface area contributed by atoms with E-state index in [-0.39, 0.29) is 17.2 Å². The van der Waals surface area contributed by atoms with Crippen LogP contribution >= 0.6 is 23.4 Å². The van der Waals surface area contributed by atoms with Crippen LogP contribution in [0.5, 0.6) is 5.75 Å². The maximum absolute atomic E-state index is 12.6. The summed E-state index contributed by atoms with van der Waals surface area (Å²) in [6, 6.07) is 10.7. The smallest absolute Gasteiger partial charge is 0.335 e. The van der Waals surface area contributed by atoms with Crippen molar-refractivity contribution in [1.29, 1.82) is 0 Å². The Morgan fingerprint density at radius 1 is 1.26 bits per heavy atom. The number of aromatic hydroxyl groups is 1. The topological polar surface area (TPSA) is 90.2 Å². The van der Waals surface area contributed by atoms with Crippen molar-refractivity contribution in [3.05, 3.63) is 63.5 Å². The Bertz CT molecular complexity index is 970. The molecule has 3 rings (SSSR count). The Morgan fingerprint density at radius 3 is 2.59 bits per heavy atom. The maximum atomic E-state index is 12.6. The minimum absolute atomic E-state index is 0.0259. The monoisotopic (exact) mass is 402 g/mol. The fraction of sp³-hybridized carbons (Fsp3) is 0.105. The van der Waals surface area contributed by atoms with Gasteiger partial charge in [-0.3, -0.25) is 9.69 Å². The second-order valence-corrected chi connectivity index (χ2v) is 7.06. The van der Waals surface area contributed by atoms with E-state index < -0.39 is 5.97 Å². The number of carbonyl (C=O) groups is 2. The van der Waals surface area contributed by atoms with Crippen molar-refractivity contribution in [2.45, 2.75) is 6.92 Å². The first-order valence-electron chi connectivity index (χ1n) is 8.01. The number of phenolic OH excluding ortho intramolecular Hbond substituents is 1. The number of carboxylic acids is 1. The molecule has 1 aliphatic rings. The van der Waals surface area contributed by atoms with Gasteiger partial charge in [0.25, 0.3) is 5.91 Å². The van der Waals surface area contributed by atoms with Crippen LogP contribution in [0.1, 0.15) is 22.8 Å². The van der Waals surface area contributed by atoms with E-state index in [1.807, 2.05) is 6.92 Å². The molecule has 1 amide bonds. The lowest BCUT2D eigenvalue weighted by molar-refractivity contribution is -0.122. The van der Waals surface area contributed by atoms with E-state index in [1.54, 1.807) is 30.3 Å². The summed E-state index contributed by atoms with van der Waals surface area (Å²) in [4.78, 5) is 30.0. The number of carbonyl (C=O) groups excluding carboxylic acids is 1. The second kappa shape index (κ2) is 7.85. The Kier molecular flexibility index (Phi) is 5.53. The molecule has 1 heterocycles. The second-order valence-electron chi connectivity index (χ2n) is 5.61. The summed E-state index contributed by atoms with van der Waals surface area (Å²) in [6.45, 7) is 2.26. The van der Waals surface area contributed by atoms with Crippen molar-refractivity contribution < 1.29 is 19.8 Å². The van der Waals surface area contributed by atoms with Crippen LogP contribution in [0.4, 0.5) is 5.69 Å². The van der Waals surface area contributed by atoms with E-state index in [0.29, 0.717) is 32.9 Å². The number of carboxylic acid groups (broad SMARTS) is 1. The molecule has 0 bridgehead atoms. The number of benzene rings is 2. The molecule has 0 radical (unpaired) electrons. The zero-order valence-corrected chi connectivity index (χ0v) is 15.8. The number of amidine groups is 1. The molecular formula is C19H15ClN2O4S. The number of rotatable bonds is 4. The van der Waals surface area contributed by atoms with Gasteiger partial charge in [0.2, 0.25) is 0 Å². The third-order valence-electron chi connectivity index (χ3n) is 3.82. The number of phenols is 1. The quantitative estimate of drug-likeness (QED) is 0.741. The molecule has 0 saturated carbocycles. The van der Waals surface area contributed by atoms with E-state index in [1.165, 1.54) is 34.9 Å². The predicted molar refractivity (Wildman–Crippen MR) is 107 cm³/mol. The molecule has 0 atom stereocenters. The van der Waals surface area contributed by atoms with Gasteiger partial charge in [-0.15, -0.1) is 0 Å². The van der Waals surface area contributed by atoms with Gasteiger partial charge in [0.1, 0.15) is 5.75 Å². The Labute approximate surface area is 164 Å². The van der Waals surface area contributed by atoms with Crippen molar-refractivity contribution in [3.8, 4) is 5.75 Å². The highest BCUT2D eigenvalue weighted by Crippen LogP contribution is 2.35. The fourth-order valence-electron chi connectivity index (χ4n) is 2.44. The predicted octanol–water partition coefficient (Wildman–Crippen LogP) is 4.37. The number of hydrogen-bond donors (Lipinski definition) is 2. The van der Waals surface area contributed by atoms with E-state index in [9.17, 15) is 14.7 Å². The zero-order valence-electron chi connectivity index (χ0n) is 14.2. The molecule has 138 valence electrons. The molecule has 0 spiro atoms. The molecule has 6 nitrogen and oxygen atoms in total. The van der Waals surface area contributed by atoms with Crippen LogP contribution in [0.3, 0.4) is 0 Å².